The predicted octanol–water partition coefficient (Wildman–Crippen LogP) is 4.44. The Hall–Kier alpha value is -1.95. The molecule has 1 aliphatic heterocycles. The van der Waals surface area contributed by atoms with E-state index in [0.29, 0.717) is 6.04 Å². The second kappa shape index (κ2) is 8.82. The molecule has 0 bridgehead atoms. The molecule has 1 aromatic carbocycles. The van der Waals surface area contributed by atoms with E-state index >= 15 is 0 Å². The van der Waals surface area contributed by atoms with E-state index < -0.39 is 0 Å². The van der Waals surface area contributed by atoms with Gasteiger partial charge in [0.05, 0.1) is 10.9 Å². The van der Waals surface area contributed by atoms with Crippen LogP contribution < -0.4 is 4.90 Å². The van der Waals surface area contributed by atoms with Crippen molar-refractivity contribution in [2.24, 2.45) is 0 Å². The first-order valence-electron chi connectivity index (χ1n) is 10.9. The zero-order chi connectivity index (χ0) is 20.4. The number of imidazole rings is 1. The highest BCUT2D eigenvalue weighted by Gasteiger charge is 2.29. The van der Waals surface area contributed by atoms with Crippen molar-refractivity contribution in [2.75, 3.05) is 31.1 Å². The van der Waals surface area contributed by atoms with Crippen LogP contribution in [0.25, 0.3) is 0 Å². The molecule has 2 aliphatic rings. The average molecular weight is 413 g/mol. The molecule has 1 aromatic heterocycles. The van der Waals surface area contributed by atoms with Gasteiger partial charge < -0.3 is 14.4 Å². The lowest BCUT2D eigenvalue weighted by molar-refractivity contribution is -0.130. The minimum Gasteiger partial charge on any atom is -0.368 e. The summed E-state index contributed by atoms with van der Waals surface area (Å²) in [5, 5.41) is 0.912. The second-order valence-electron chi connectivity index (χ2n) is 8.28. The summed E-state index contributed by atoms with van der Waals surface area (Å²) in [6.45, 7) is 9.64. The van der Waals surface area contributed by atoms with E-state index in [4.69, 9.17) is 4.98 Å². The van der Waals surface area contributed by atoms with Gasteiger partial charge >= 0.3 is 0 Å². The number of amides is 1. The van der Waals surface area contributed by atoms with Gasteiger partial charge in [0.1, 0.15) is 0 Å². The number of carbonyl (C=O) groups excluding carboxylic acids is 1. The zero-order valence-electron chi connectivity index (χ0n) is 17.8. The van der Waals surface area contributed by atoms with Gasteiger partial charge in [0.2, 0.25) is 5.91 Å². The van der Waals surface area contributed by atoms with Crippen molar-refractivity contribution in [1.29, 1.82) is 0 Å². The van der Waals surface area contributed by atoms with Crippen molar-refractivity contribution >= 4 is 23.4 Å². The first-order valence-corrected chi connectivity index (χ1v) is 11.7. The van der Waals surface area contributed by atoms with Crippen molar-refractivity contribution in [2.45, 2.75) is 62.9 Å². The molecule has 4 rings (SSSR count). The number of benzene rings is 1. The van der Waals surface area contributed by atoms with Gasteiger partial charge in [-0.15, -0.1) is 0 Å². The SMILES string of the molecule is Cc1nc(S[C@H](C)C(=O)N2CCN(c3ccccc3)CC2)n(C2CCCC2)c1C. The van der Waals surface area contributed by atoms with Gasteiger partial charge in [-0.1, -0.05) is 42.8 Å². The maximum absolute atomic E-state index is 13.1. The van der Waals surface area contributed by atoms with Gasteiger partial charge in [-0.05, 0) is 45.7 Å². The van der Waals surface area contributed by atoms with E-state index in [9.17, 15) is 4.79 Å². The summed E-state index contributed by atoms with van der Waals surface area (Å²) in [4.78, 5) is 22.3. The molecule has 29 heavy (non-hydrogen) atoms. The Kier molecular flexibility index (Phi) is 6.18. The highest BCUT2D eigenvalue weighted by atomic mass is 32.2. The zero-order valence-corrected chi connectivity index (χ0v) is 18.6. The van der Waals surface area contributed by atoms with E-state index in [-0.39, 0.29) is 11.2 Å². The molecular weight excluding hydrogens is 380 g/mol. The van der Waals surface area contributed by atoms with Crippen molar-refractivity contribution in [3.8, 4) is 0 Å². The van der Waals surface area contributed by atoms with Crippen LogP contribution in [0.15, 0.2) is 35.5 Å². The minimum absolute atomic E-state index is 0.111. The number of rotatable bonds is 5. The number of aryl methyl sites for hydroxylation is 1. The van der Waals surface area contributed by atoms with E-state index in [1.165, 1.54) is 37.1 Å². The Labute approximate surface area is 178 Å². The first kappa shape index (κ1) is 20.3. The monoisotopic (exact) mass is 412 g/mol. The molecule has 6 heteroatoms. The molecule has 1 aliphatic carbocycles. The third-order valence-corrected chi connectivity index (χ3v) is 7.44. The molecule has 2 heterocycles. The topological polar surface area (TPSA) is 41.4 Å². The maximum atomic E-state index is 13.1. The summed E-state index contributed by atoms with van der Waals surface area (Å²) >= 11 is 1.64. The second-order valence-corrected chi connectivity index (χ2v) is 9.59. The van der Waals surface area contributed by atoms with Gasteiger partial charge in [-0.25, -0.2) is 4.98 Å². The van der Waals surface area contributed by atoms with Crippen molar-refractivity contribution in [3.63, 3.8) is 0 Å². The highest BCUT2D eigenvalue weighted by molar-refractivity contribution is 8.00. The Morgan fingerprint density at radius 2 is 1.72 bits per heavy atom. The number of piperazine rings is 1. The average Bonchev–Trinajstić information content (AvgIpc) is 3.36. The molecule has 1 atom stereocenters. The molecule has 2 fully saturated rings. The van der Waals surface area contributed by atoms with Crippen LogP contribution in [0.2, 0.25) is 0 Å². The van der Waals surface area contributed by atoms with Gasteiger partial charge in [0.25, 0.3) is 0 Å². The molecule has 2 aromatic rings. The van der Waals surface area contributed by atoms with Gasteiger partial charge in [0.15, 0.2) is 5.16 Å². The third-order valence-electron chi connectivity index (χ3n) is 6.39. The molecule has 1 saturated carbocycles. The number of hydrogen-bond donors (Lipinski definition) is 0. The van der Waals surface area contributed by atoms with Crippen molar-refractivity contribution in [1.82, 2.24) is 14.5 Å². The lowest BCUT2D eigenvalue weighted by atomic mass is 10.2. The van der Waals surface area contributed by atoms with Crippen molar-refractivity contribution < 1.29 is 4.79 Å². The van der Waals surface area contributed by atoms with Crippen LogP contribution >= 0.6 is 11.8 Å². The Balaban J connectivity index is 1.39. The molecule has 1 saturated heterocycles. The van der Waals surface area contributed by atoms with Crippen molar-refractivity contribution in [3.05, 3.63) is 41.7 Å². The number of aromatic nitrogens is 2. The van der Waals surface area contributed by atoms with Crippen LogP contribution in [0.5, 0.6) is 0 Å². The Morgan fingerprint density at radius 3 is 2.38 bits per heavy atom. The van der Waals surface area contributed by atoms with Crippen LogP contribution in [0.4, 0.5) is 5.69 Å². The fourth-order valence-electron chi connectivity index (χ4n) is 4.56. The molecule has 0 radical (unpaired) electrons. The largest absolute Gasteiger partial charge is 0.368 e. The third kappa shape index (κ3) is 4.32. The Morgan fingerprint density at radius 1 is 1.07 bits per heavy atom. The molecule has 0 spiro atoms. The van der Waals surface area contributed by atoms with Crippen LogP contribution in [0, 0.1) is 13.8 Å². The van der Waals surface area contributed by atoms with Gasteiger partial charge in [-0.2, -0.15) is 0 Å². The van der Waals surface area contributed by atoms with Gasteiger partial charge in [-0.3, -0.25) is 4.79 Å². The lowest BCUT2D eigenvalue weighted by Gasteiger charge is -2.37. The quantitative estimate of drug-likeness (QED) is 0.681. The fraction of sp³-hybridized carbons (Fsp3) is 0.565. The number of hydrogen-bond acceptors (Lipinski definition) is 4. The molecular formula is C23H32N4OS. The van der Waals surface area contributed by atoms with E-state index in [2.05, 4.69) is 47.6 Å². The predicted molar refractivity (Wildman–Crippen MR) is 120 cm³/mol. The maximum Gasteiger partial charge on any atom is 0.236 e. The van der Waals surface area contributed by atoms with E-state index in [0.717, 1.165) is 37.0 Å². The molecule has 156 valence electrons. The van der Waals surface area contributed by atoms with Crippen LogP contribution in [-0.4, -0.2) is 51.8 Å². The summed E-state index contributed by atoms with van der Waals surface area (Å²) in [5.74, 6) is 0.235. The minimum atomic E-state index is -0.111. The number of nitrogens with zero attached hydrogens (tertiary/aromatic N) is 4. The standard InChI is InChI=1S/C23H32N4OS/c1-17-18(2)27(21-11-7-8-12-21)23(24-17)29-19(3)22(28)26-15-13-25(14-16-26)20-9-5-4-6-10-20/h4-6,9-10,19,21H,7-8,11-16H2,1-3H3/t19-/m1/s1. The molecule has 5 nitrogen and oxygen atoms in total. The number of anilines is 1. The smallest absolute Gasteiger partial charge is 0.236 e. The Bertz CT molecular complexity index is 836. The lowest BCUT2D eigenvalue weighted by Crippen LogP contribution is -2.50. The number of thioether (sulfide) groups is 1. The summed E-state index contributed by atoms with van der Waals surface area (Å²) in [6.07, 6.45) is 5.05. The highest BCUT2D eigenvalue weighted by Crippen LogP contribution is 2.36. The van der Waals surface area contributed by atoms with E-state index in [1.807, 2.05) is 17.9 Å². The normalized spacial score (nSPS) is 19.0. The van der Waals surface area contributed by atoms with Crippen LogP contribution in [0.1, 0.15) is 50.0 Å². The summed E-state index contributed by atoms with van der Waals surface area (Å²) in [7, 11) is 0. The molecule has 1 amide bonds. The van der Waals surface area contributed by atoms with Crippen LogP contribution in [0.3, 0.4) is 0 Å². The summed E-state index contributed by atoms with van der Waals surface area (Å²) < 4.78 is 2.41. The fourth-order valence-corrected chi connectivity index (χ4v) is 5.72. The summed E-state index contributed by atoms with van der Waals surface area (Å²) in [5.41, 5.74) is 3.60. The van der Waals surface area contributed by atoms with Gasteiger partial charge in [0, 0.05) is 43.6 Å². The first-order chi connectivity index (χ1) is 14.0. The number of carbonyl (C=O) groups is 1. The van der Waals surface area contributed by atoms with E-state index in [1.54, 1.807) is 11.8 Å². The molecule has 0 unspecified atom stereocenters. The molecule has 0 N–H and O–H groups in total. The number of para-hydroxylation sites is 1. The van der Waals surface area contributed by atoms with Crippen LogP contribution in [-0.2, 0) is 4.79 Å². The summed E-state index contributed by atoms with van der Waals surface area (Å²) in [6, 6.07) is 11.0.